The highest BCUT2D eigenvalue weighted by molar-refractivity contribution is 5.29. The second-order valence-corrected chi connectivity index (χ2v) is 5.13. The summed E-state index contributed by atoms with van der Waals surface area (Å²) in [4.78, 5) is 0. The molecule has 64 valence electrons. The Labute approximate surface area is 74.4 Å². The first-order chi connectivity index (χ1) is 5.69. The van der Waals surface area contributed by atoms with Gasteiger partial charge in [-0.3, -0.25) is 0 Å². The van der Waals surface area contributed by atoms with Gasteiger partial charge in [0.05, 0.1) is 0 Å². The Bertz CT molecular complexity index is 284. The molecule has 1 fully saturated rings. The molecule has 0 aromatic carbocycles. The Morgan fingerprint density at radius 1 is 1.50 bits per heavy atom. The Kier molecular flexibility index (Phi) is 1.08. The molecule has 1 saturated carbocycles. The van der Waals surface area contributed by atoms with Crippen LogP contribution >= 0.6 is 0 Å². The smallest absolute Gasteiger partial charge is 0.0103 e. The van der Waals surface area contributed by atoms with Crippen molar-refractivity contribution in [2.24, 2.45) is 23.2 Å². The molecule has 0 aromatic rings. The summed E-state index contributed by atoms with van der Waals surface area (Å²) < 4.78 is 0. The molecule has 0 saturated heterocycles. The van der Waals surface area contributed by atoms with E-state index >= 15 is 0 Å². The molecule has 0 N–H and O–H groups in total. The highest BCUT2D eigenvalue weighted by atomic mass is 14.6. The molecule has 0 aliphatic heterocycles. The molecular formula is C12H16. The first kappa shape index (κ1) is 6.94. The molecule has 0 spiro atoms. The molecule has 0 heterocycles. The fourth-order valence-electron chi connectivity index (χ4n) is 3.62. The van der Waals surface area contributed by atoms with Crippen LogP contribution in [-0.4, -0.2) is 0 Å². The topological polar surface area (TPSA) is 0 Å². The standard InChI is InChI=1S/C12H16/c1-8-5-10-9-3-4-12(2,7-9)11(10)6-8/h3-5,9-11H,6-7H2,1-2H3. The Hall–Kier alpha value is -0.520. The zero-order chi connectivity index (χ0) is 8.34. The van der Waals surface area contributed by atoms with Crippen molar-refractivity contribution in [1.29, 1.82) is 0 Å². The molecular weight excluding hydrogens is 144 g/mol. The summed E-state index contributed by atoms with van der Waals surface area (Å²) in [6, 6.07) is 0. The van der Waals surface area contributed by atoms with Crippen LogP contribution in [0.4, 0.5) is 0 Å². The lowest BCUT2D eigenvalue weighted by Gasteiger charge is -2.28. The second-order valence-electron chi connectivity index (χ2n) is 5.13. The highest BCUT2D eigenvalue weighted by Crippen LogP contribution is 2.61. The zero-order valence-electron chi connectivity index (χ0n) is 7.88. The predicted octanol–water partition coefficient (Wildman–Crippen LogP) is 3.16. The Morgan fingerprint density at radius 3 is 3.08 bits per heavy atom. The molecule has 2 bridgehead atoms. The highest BCUT2D eigenvalue weighted by Gasteiger charge is 2.52. The number of fused-ring (bicyclic) bond motifs is 5. The Balaban J connectivity index is 2.04. The third-order valence-electron chi connectivity index (χ3n) is 4.22. The summed E-state index contributed by atoms with van der Waals surface area (Å²) in [6.07, 6.45) is 10.2. The van der Waals surface area contributed by atoms with Crippen LogP contribution < -0.4 is 0 Å². The van der Waals surface area contributed by atoms with Crippen LogP contribution in [0.3, 0.4) is 0 Å². The van der Waals surface area contributed by atoms with Gasteiger partial charge in [0, 0.05) is 0 Å². The molecule has 0 aromatic heterocycles. The van der Waals surface area contributed by atoms with Gasteiger partial charge in [-0.05, 0) is 42.9 Å². The quantitative estimate of drug-likeness (QED) is 0.477. The van der Waals surface area contributed by atoms with Gasteiger partial charge in [-0.1, -0.05) is 30.7 Å². The summed E-state index contributed by atoms with van der Waals surface area (Å²) >= 11 is 0. The molecule has 0 radical (unpaired) electrons. The van der Waals surface area contributed by atoms with Crippen LogP contribution in [0, 0.1) is 23.2 Å². The molecule has 0 heteroatoms. The average Bonchev–Trinajstić information content (AvgIpc) is 2.57. The van der Waals surface area contributed by atoms with Crippen molar-refractivity contribution < 1.29 is 0 Å². The van der Waals surface area contributed by atoms with Gasteiger partial charge in [-0.25, -0.2) is 0 Å². The number of allylic oxidation sites excluding steroid dienone is 4. The van der Waals surface area contributed by atoms with E-state index in [-0.39, 0.29) is 0 Å². The van der Waals surface area contributed by atoms with Crippen LogP contribution in [-0.2, 0) is 0 Å². The first-order valence-corrected chi connectivity index (χ1v) is 5.06. The van der Waals surface area contributed by atoms with Gasteiger partial charge in [0.1, 0.15) is 0 Å². The maximum atomic E-state index is 2.53. The van der Waals surface area contributed by atoms with Crippen molar-refractivity contribution in [3.05, 3.63) is 23.8 Å². The van der Waals surface area contributed by atoms with E-state index in [4.69, 9.17) is 0 Å². The van der Waals surface area contributed by atoms with E-state index in [2.05, 4.69) is 32.1 Å². The minimum Gasteiger partial charge on any atom is -0.0842 e. The van der Waals surface area contributed by atoms with Crippen LogP contribution in [0.15, 0.2) is 23.8 Å². The normalized spacial score (nSPS) is 54.5. The number of hydrogen-bond donors (Lipinski definition) is 0. The van der Waals surface area contributed by atoms with Crippen LogP contribution in [0.5, 0.6) is 0 Å². The molecule has 12 heavy (non-hydrogen) atoms. The van der Waals surface area contributed by atoms with E-state index in [1.165, 1.54) is 12.8 Å². The monoisotopic (exact) mass is 160 g/mol. The maximum absolute atomic E-state index is 2.53. The largest absolute Gasteiger partial charge is 0.0842 e. The summed E-state index contributed by atoms with van der Waals surface area (Å²) in [5.41, 5.74) is 2.19. The van der Waals surface area contributed by atoms with E-state index in [1.807, 2.05) is 0 Å². The SMILES string of the molecule is CC1=CC2C3C=CC(C)(C3)C2C1. The fraction of sp³-hybridized carbons (Fsp3) is 0.667. The van der Waals surface area contributed by atoms with Crippen LogP contribution in [0.1, 0.15) is 26.7 Å². The third-order valence-corrected chi connectivity index (χ3v) is 4.22. The lowest BCUT2D eigenvalue weighted by molar-refractivity contribution is 0.285. The van der Waals surface area contributed by atoms with Crippen molar-refractivity contribution in [3.63, 3.8) is 0 Å². The van der Waals surface area contributed by atoms with Gasteiger partial charge >= 0.3 is 0 Å². The predicted molar refractivity (Wildman–Crippen MR) is 50.7 cm³/mol. The van der Waals surface area contributed by atoms with Gasteiger partial charge < -0.3 is 0 Å². The summed E-state index contributed by atoms with van der Waals surface area (Å²) in [7, 11) is 0. The second kappa shape index (κ2) is 1.86. The molecule has 3 aliphatic rings. The van der Waals surface area contributed by atoms with Crippen molar-refractivity contribution in [2.75, 3.05) is 0 Å². The van der Waals surface area contributed by atoms with Crippen molar-refractivity contribution >= 4 is 0 Å². The van der Waals surface area contributed by atoms with Gasteiger partial charge in [0.25, 0.3) is 0 Å². The average molecular weight is 160 g/mol. The zero-order valence-corrected chi connectivity index (χ0v) is 7.88. The molecule has 0 amide bonds. The lowest BCUT2D eigenvalue weighted by Crippen LogP contribution is -2.21. The number of hydrogen-bond acceptors (Lipinski definition) is 0. The lowest BCUT2D eigenvalue weighted by atomic mass is 9.76. The van der Waals surface area contributed by atoms with Gasteiger partial charge in [-0.2, -0.15) is 0 Å². The third kappa shape index (κ3) is 0.646. The van der Waals surface area contributed by atoms with Gasteiger partial charge in [-0.15, -0.1) is 0 Å². The molecule has 3 rings (SSSR count). The van der Waals surface area contributed by atoms with E-state index in [9.17, 15) is 0 Å². The maximum Gasteiger partial charge on any atom is -0.0103 e. The van der Waals surface area contributed by atoms with Crippen molar-refractivity contribution in [1.82, 2.24) is 0 Å². The van der Waals surface area contributed by atoms with Gasteiger partial charge in [0.2, 0.25) is 0 Å². The van der Waals surface area contributed by atoms with Crippen molar-refractivity contribution in [3.8, 4) is 0 Å². The number of rotatable bonds is 0. The van der Waals surface area contributed by atoms with E-state index in [1.54, 1.807) is 5.57 Å². The molecule has 3 aliphatic carbocycles. The molecule has 0 nitrogen and oxygen atoms in total. The minimum atomic E-state index is 0.559. The van der Waals surface area contributed by atoms with E-state index in [0.717, 1.165) is 17.8 Å². The molecule has 4 unspecified atom stereocenters. The first-order valence-electron chi connectivity index (χ1n) is 5.06. The summed E-state index contributed by atoms with van der Waals surface area (Å²) in [5.74, 6) is 2.74. The van der Waals surface area contributed by atoms with Crippen LogP contribution in [0.2, 0.25) is 0 Å². The Morgan fingerprint density at radius 2 is 2.33 bits per heavy atom. The summed E-state index contributed by atoms with van der Waals surface area (Å²) in [6.45, 7) is 4.74. The van der Waals surface area contributed by atoms with Crippen LogP contribution in [0.25, 0.3) is 0 Å². The summed E-state index contributed by atoms with van der Waals surface area (Å²) in [5, 5.41) is 0. The minimum absolute atomic E-state index is 0.559. The van der Waals surface area contributed by atoms with Gasteiger partial charge in [0.15, 0.2) is 0 Å². The van der Waals surface area contributed by atoms with E-state index in [0.29, 0.717) is 5.41 Å². The van der Waals surface area contributed by atoms with Crippen molar-refractivity contribution in [2.45, 2.75) is 26.7 Å². The molecule has 4 atom stereocenters. The fourth-order valence-corrected chi connectivity index (χ4v) is 3.62. The van der Waals surface area contributed by atoms with E-state index < -0.39 is 0 Å².